The fourth-order valence-electron chi connectivity index (χ4n) is 2.10. The average molecular weight is 209 g/mol. The van der Waals surface area contributed by atoms with Crippen molar-refractivity contribution in [2.75, 3.05) is 0 Å². The van der Waals surface area contributed by atoms with Crippen molar-refractivity contribution in [3.8, 4) is 0 Å². The van der Waals surface area contributed by atoms with E-state index >= 15 is 0 Å². The summed E-state index contributed by atoms with van der Waals surface area (Å²) in [6.07, 6.45) is 0. The van der Waals surface area contributed by atoms with E-state index in [4.69, 9.17) is 4.42 Å². The lowest BCUT2D eigenvalue weighted by molar-refractivity contribution is 0.668. The van der Waals surface area contributed by atoms with Crippen molar-refractivity contribution in [1.29, 1.82) is 0 Å². The molecule has 0 aliphatic heterocycles. The molecule has 0 spiro atoms. The third-order valence-electron chi connectivity index (χ3n) is 2.77. The Morgan fingerprint density at radius 3 is 2.69 bits per heavy atom. The highest BCUT2D eigenvalue weighted by Gasteiger charge is 2.09. The smallest absolute Gasteiger partial charge is 0.135 e. The summed E-state index contributed by atoms with van der Waals surface area (Å²) in [6.45, 7) is 4.17. The van der Waals surface area contributed by atoms with Crippen LogP contribution in [0, 0.1) is 0 Å². The Balaban J connectivity index is 2.47. The summed E-state index contributed by atoms with van der Waals surface area (Å²) in [4.78, 5) is 3.95. The lowest BCUT2D eigenvalue weighted by atomic mass is 10.1. The largest absolute Gasteiger partial charge is 0.456 e. The molecule has 2 aromatic carbocycles. The number of benzene rings is 2. The lowest BCUT2D eigenvalue weighted by Crippen LogP contribution is -1.81. The van der Waals surface area contributed by atoms with Gasteiger partial charge in [0.1, 0.15) is 11.2 Å². The number of hydrogen-bond acceptors (Lipinski definition) is 2. The van der Waals surface area contributed by atoms with Crippen LogP contribution in [0.1, 0.15) is 5.56 Å². The minimum absolute atomic E-state index is 0.626. The van der Waals surface area contributed by atoms with E-state index in [1.807, 2.05) is 30.3 Å². The number of fused-ring (bicyclic) bond motifs is 3. The maximum Gasteiger partial charge on any atom is 0.135 e. The molecule has 2 nitrogen and oxygen atoms in total. The third kappa shape index (κ3) is 1.23. The molecule has 0 aliphatic carbocycles. The van der Waals surface area contributed by atoms with Gasteiger partial charge in [0.05, 0.1) is 6.54 Å². The standard InChI is InChI=1S/C14H11NO/c1-15-9-10-5-4-8-13-14(10)11-6-2-3-7-12(11)16-13/h2-8H,1,9H2. The summed E-state index contributed by atoms with van der Waals surface area (Å²) in [5, 5.41) is 2.31. The predicted molar refractivity (Wildman–Crippen MR) is 67.0 cm³/mol. The van der Waals surface area contributed by atoms with Crippen LogP contribution >= 0.6 is 0 Å². The Hall–Kier alpha value is -2.09. The van der Waals surface area contributed by atoms with Gasteiger partial charge in [-0.1, -0.05) is 30.3 Å². The second kappa shape index (κ2) is 3.49. The number of nitrogens with zero attached hydrogens (tertiary/aromatic N) is 1. The molecule has 2 heteroatoms. The van der Waals surface area contributed by atoms with Crippen molar-refractivity contribution < 1.29 is 4.42 Å². The minimum Gasteiger partial charge on any atom is -0.456 e. The number of para-hydroxylation sites is 1. The molecule has 1 heterocycles. The van der Waals surface area contributed by atoms with Crippen LogP contribution in [0.25, 0.3) is 21.9 Å². The normalized spacial score (nSPS) is 11.0. The van der Waals surface area contributed by atoms with Crippen LogP contribution in [0.5, 0.6) is 0 Å². The zero-order chi connectivity index (χ0) is 11.0. The van der Waals surface area contributed by atoms with Crippen LogP contribution < -0.4 is 0 Å². The van der Waals surface area contributed by atoms with Gasteiger partial charge in [0, 0.05) is 10.8 Å². The second-order valence-electron chi connectivity index (χ2n) is 3.77. The summed E-state index contributed by atoms with van der Waals surface area (Å²) >= 11 is 0. The molecule has 78 valence electrons. The highest BCUT2D eigenvalue weighted by molar-refractivity contribution is 6.06. The molecule has 0 saturated carbocycles. The molecule has 1 aromatic heterocycles. The topological polar surface area (TPSA) is 25.5 Å². The fourth-order valence-corrected chi connectivity index (χ4v) is 2.10. The van der Waals surface area contributed by atoms with Crippen LogP contribution in [-0.4, -0.2) is 6.72 Å². The zero-order valence-corrected chi connectivity index (χ0v) is 8.81. The van der Waals surface area contributed by atoms with Gasteiger partial charge in [-0.3, -0.25) is 4.99 Å². The summed E-state index contributed by atoms with van der Waals surface area (Å²) in [5.74, 6) is 0. The average Bonchev–Trinajstić information content (AvgIpc) is 2.68. The Morgan fingerprint density at radius 1 is 1.00 bits per heavy atom. The van der Waals surface area contributed by atoms with Gasteiger partial charge in [0.2, 0.25) is 0 Å². The lowest BCUT2D eigenvalue weighted by Gasteiger charge is -1.98. The van der Waals surface area contributed by atoms with Gasteiger partial charge in [-0.2, -0.15) is 0 Å². The molecule has 0 fully saturated rings. The quantitative estimate of drug-likeness (QED) is 0.589. The van der Waals surface area contributed by atoms with Crippen molar-refractivity contribution in [3.63, 3.8) is 0 Å². The summed E-state index contributed by atoms with van der Waals surface area (Å²) < 4.78 is 5.78. The van der Waals surface area contributed by atoms with Gasteiger partial charge in [-0.15, -0.1) is 0 Å². The second-order valence-corrected chi connectivity index (χ2v) is 3.77. The molecule has 0 bridgehead atoms. The zero-order valence-electron chi connectivity index (χ0n) is 8.81. The van der Waals surface area contributed by atoms with Gasteiger partial charge in [-0.05, 0) is 24.4 Å². The highest BCUT2D eigenvalue weighted by Crippen LogP contribution is 2.31. The van der Waals surface area contributed by atoms with E-state index in [1.165, 1.54) is 0 Å². The first kappa shape index (κ1) is 9.16. The molecule has 0 aliphatic rings. The van der Waals surface area contributed by atoms with Gasteiger partial charge >= 0.3 is 0 Å². The number of hydrogen-bond donors (Lipinski definition) is 0. The maximum atomic E-state index is 5.78. The highest BCUT2D eigenvalue weighted by atomic mass is 16.3. The van der Waals surface area contributed by atoms with Crippen molar-refractivity contribution >= 4 is 28.7 Å². The third-order valence-corrected chi connectivity index (χ3v) is 2.77. The number of aliphatic imine (C=N–C) groups is 1. The van der Waals surface area contributed by atoms with Gasteiger partial charge < -0.3 is 4.42 Å². The van der Waals surface area contributed by atoms with E-state index < -0.39 is 0 Å². The van der Waals surface area contributed by atoms with E-state index in [1.54, 1.807) is 0 Å². The van der Waals surface area contributed by atoms with Crippen molar-refractivity contribution in [2.24, 2.45) is 4.99 Å². The van der Waals surface area contributed by atoms with Gasteiger partial charge in [-0.25, -0.2) is 0 Å². The monoisotopic (exact) mass is 209 g/mol. The summed E-state index contributed by atoms with van der Waals surface area (Å²) in [6, 6.07) is 14.1. The van der Waals surface area contributed by atoms with Crippen molar-refractivity contribution in [3.05, 3.63) is 48.0 Å². The fraction of sp³-hybridized carbons (Fsp3) is 0.0714. The minimum atomic E-state index is 0.626. The predicted octanol–water partition coefficient (Wildman–Crippen LogP) is 3.79. The van der Waals surface area contributed by atoms with Crippen LogP contribution in [0.2, 0.25) is 0 Å². The Kier molecular flexibility index (Phi) is 2.00. The SMILES string of the molecule is C=NCc1cccc2oc3ccccc3c12. The van der Waals surface area contributed by atoms with Crippen molar-refractivity contribution in [2.45, 2.75) is 6.54 Å². The van der Waals surface area contributed by atoms with Crippen LogP contribution in [0.15, 0.2) is 51.9 Å². The van der Waals surface area contributed by atoms with Crippen LogP contribution in [0.4, 0.5) is 0 Å². The molecule has 0 unspecified atom stereocenters. The van der Waals surface area contributed by atoms with E-state index in [0.717, 1.165) is 27.5 Å². The molecule has 0 radical (unpaired) electrons. The number of rotatable bonds is 2. The molecule has 0 N–H and O–H groups in total. The molecular formula is C14H11NO. The van der Waals surface area contributed by atoms with E-state index in [0.29, 0.717) is 6.54 Å². The first-order valence-electron chi connectivity index (χ1n) is 5.22. The van der Waals surface area contributed by atoms with Crippen LogP contribution in [0.3, 0.4) is 0 Å². The molecule has 0 amide bonds. The summed E-state index contributed by atoms with van der Waals surface area (Å²) in [7, 11) is 0. The molecule has 3 aromatic rings. The Bertz CT molecular complexity index is 667. The molecule has 3 rings (SSSR count). The maximum absolute atomic E-state index is 5.78. The van der Waals surface area contributed by atoms with E-state index in [-0.39, 0.29) is 0 Å². The van der Waals surface area contributed by atoms with Crippen molar-refractivity contribution in [1.82, 2.24) is 0 Å². The summed E-state index contributed by atoms with van der Waals surface area (Å²) in [5.41, 5.74) is 3.01. The molecular weight excluding hydrogens is 198 g/mol. The Morgan fingerprint density at radius 2 is 1.81 bits per heavy atom. The molecule has 16 heavy (non-hydrogen) atoms. The van der Waals surface area contributed by atoms with Crippen LogP contribution in [-0.2, 0) is 6.54 Å². The molecule has 0 atom stereocenters. The first-order valence-corrected chi connectivity index (χ1v) is 5.22. The van der Waals surface area contributed by atoms with Gasteiger partial charge in [0.25, 0.3) is 0 Å². The van der Waals surface area contributed by atoms with Gasteiger partial charge in [0.15, 0.2) is 0 Å². The van der Waals surface area contributed by atoms with E-state index in [2.05, 4.69) is 23.8 Å². The first-order chi connectivity index (χ1) is 7.90. The number of furan rings is 1. The molecule has 0 saturated heterocycles. The Labute approximate surface area is 93.2 Å². The van der Waals surface area contributed by atoms with E-state index in [9.17, 15) is 0 Å².